The molecule has 1 amide bonds. The maximum Gasteiger partial charge on any atom is 0.260 e. The van der Waals surface area contributed by atoms with Crippen molar-refractivity contribution >= 4 is 57.0 Å². The maximum atomic E-state index is 12.6. The van der Waals surface area contributed by atoms with Gasteiger partial charge in [0.25, 0.3) is 5.91 Å². The molecule has 1 aliphatic rings. The number of nitrogens with one attached hydrogen (secondary N) is 2. The topological polar surface area (TPSA) is 50.4 Å². The lowest BCUT2D eigenvalue weighted by Crippen LogP contribution is -2.30. The molecule has 3 aromatic rings. The molecule has 0 spiro atoms. The van der Waals surface area contributed by atoms with Crippen LogP contribution in [-0.4, -0.2) is 11.4 Å². The van der Waals surface area contributed by atoms with Gasteiger partial charge in [-0.05, 0) is 81.9 Å². The molecule has 1 heterocycles. The predicted molar refractivity (Wildman–Crippen MR) is 151 cm³/mol. The number of aryl methyl sites for hydroxylation is 1. The number of ether oxygens (including phenoxy) is 1. The van der Waals surface area contributed by atoms with E-state index >= 15 is 0 Å². The summed E-state index contributed by atoms with van der Waals surface area (Å²) in [6, 6.07) is 19.9. The smallest absolute Gasteiger partial charge is 0.260 e. The molecule has 2 N–H and O–H groups in total. The second kappa shape index (κ2) is 11.8. The number of amides is 1. The minimum absolute atomic E-state index is 0.0990. The molecule has 0 radical (unpaired) electrons. The van der Waals surface area contributed by atoms with E-state index < -0.39 is 0 Å². The van der Waals surface area contributed by atoms with Crippen molar-refractivity contribution in [1.82, 2.24) is 5.32 Å². The Morgan fingerprint density at radius 1 is 1.17 bits per heavy atom. The first-order chi connectivity index (χ1) is 17.0. The summed E-state index contributed by atoms with van der Waals surface area (Å²) in [6.07, 6.45) is 5.36. The molecule has 7 heteroatoms. The van der Waals surface area contributed by atoms with Crippen LogP contribution in [0, 0.1) is 0 Å². The van der Waals surface area contributed by atoms with Gasteiger partial charge in [0.2, 0.25) is 0 Å². The lowest BCUT2D eigenvalue weighted by Gasteiger charge is -2.15. The molecule has 1 aliphatic heterocycles. The summed E-state index contributed by atoms with van der Waals surface area (Å²) in [5.41, 5.74) is 4.82. The van der Waals surface area contributed by atoms with Crippen molar-refractivity contribution in [2.45, 2.75) is 31.9 Å². The van der Waals surface area contributed by atoms with Gasteiger partial charge in [-0.25, -0.2) is 0 Å². The van der Waals surface area contributed by atoms with Gasteiger partial charge in [-0.3, -0.25) is 4.79 Å². The molecule has 35 heavy (non-hydrogen) atoms. The highest BCUT2D eigenvalue weighted by Gasteiger charge is 2.27. The Hall–Kier alpha value is -2.67. The third-order valence-electron chi connectivity index (χ3n) is 5.53. The van der Waals surface area contributed by atoms with E-state index in [0.717, 1.165) is 39.0 Å². The monoisotopic (exact) mass is 568 g/mol. The number of hydrogen-bond donors (Lipinski definition) is 2. The molecular formula is C28H26BrClN2O2S. The lowest BCUT2D eigenvalue weighted by molar-refractivity contribution is -0.116. The van der Waals surface area contributed by atoms with Crippen molar-refractivity contribution in [3.05, 3.63) is 110 Å². The summed E-state index contributed by atoms with van der Waals surface area (Å²) in [5.74, 6) is 0.642. The number of carbonyl (C=O) groups excluding carboxylic acids is 1. The first-order valence-electron chi connectivity index (χ1n) is 11.3. The second-order valence-electron chi connectivity index (χ2n) is 8.04. The fourth-order valence-corrected chi connectivity index (χ4v) is 5.50. The number of carbonyl (C=O) groups is 1. The van der Waals surface area contributed by atoms with Crippen LogP contribution in [0.5, 0.6) is 5.75 Å². The van der Waals surface area contributed by atoms with Crippen LogP contribution in [0.15, 0.2) is 82.7 Å². The van der Waals surface area contributed by atoms with Crippen LogP contribution in [0.1, 0.15) is 29.2 Å². The van der Waals surface area contributed by atoms with Gasteiger partial charge >= 0.3 is 0 Å². The zero-order valence-corrected chi connectivity index (χ0v) is 22.5. The lowest BCUT2D eigenvalue weighted by atomic mass is 10.1. The number of thioether (sulfide) groups is 1. The van der Waals surface area contributed by atoms with Crippen molar-refractivity contribution in [3.8, 4) is 5.75 Å². The van der Waals surface area contributed by atoms with Crippen LogP contribution >= 0.6 is 39.3 Å². The Morgan fingerprint density at radius 2 is 1.94 bits per heavy atom. The number of benzene rings is 3. The molecule has 0 saturated carbocycles. The Kier molecular flexibility index (Phi) is 8.60. The van der Waals surface area contributed by atoms with Gasteiger partial charge in [-0.15, -0.1) is 6.58 Å². The molecule has 4 rings (SSSR count). The summed E-state index contributed by atoms with van der Waals surface area (Å²) in [6.45, 7) is 6.36. The number of halogens is 2. The summed E-state index contributed by atoms with van der Waals surface area (Å²) in [5, 5.41) is 7.02. The first-order valence-corrected chi connectivity index (χ1v) is 13.4. The van der Waals surface area contributed by atoms with Gasteiger partial charge < -0.3 is 15.4 Å². The summed E-state index contributed by atoms with van der Waals surface area (Å²) in [4.78, 5) is 13.3. The normalized spacial score (nSPS) is 16.3. The van der Waals surface area contributed by atoms with Crippen molar-refractivity contribution in [3.63, 3.8) is 0 Å². The molecule has 180 valence electrons. The van der Waals surface area contributed by atoms with E-state index in [1.54, 1.807) is 0 Å². The van der Waals surface area contributed by atoms with E-state index in [2.05, 4.69) is 52.2 Å². The highest BCUT2D eigenvalue weighted by Crippen LogP contribution is 2.36. The van der Waals surface area contributed by atoms with Gasteiger partial charge in [-0.2, -0.15) is 0 Å². The van der Waals surface area contributed by atoms with E-state index in [4.69, 9.17) is 16.3 Å². The van der Waals surface area contributed by atoms with Crippen LogP contribution in [0.3, 0.4) is 0 Å². The Morgan fingerprint density at radius 3 is 2.66 bits per heavy atom. The van der Waals surface area contributed by atoms with Crippen molar-refractivity contribution in [1.29, 1.82) is 0 Å². The van der Waals surface area contributed by atoms with Crippen molar-refractivity contribution < 1.29 is 9.53 Å². The molecule has 0 bridgehead atoms. The molecule has 1 atom stereocenters. The minimum atomic E-state index is -0.226. The molecule has 0 unspecified atom stereocenters. The van der Waals surface area contributed by atoms with E-state index in [-0.39, 0.29) is 11.4 Å². The second-order valence-corrected chi connectivity index (χ2v) is 10.4. The van der Waals surface area contributed by atoms with E-state index in [1.807, 2.05) is 60.7 Å². The summed E-state index contributed by atoms with van der Waals surface area (Å²) >= 11 is 11.4. The summed E-state index contributed by atoms with van der Waals surface area (Å²) in [7, 11) is 0. The van der Waals surface area contributed by atoms with Crippen LogP contribution in [0.2, 0.25) is 5.02 Å². The number of hydrogen-bond acceptors (Lipinski definition) is 4. The Bertz CT molecular complexity index is 1260. The largest absolute Gasteiger partial charge is 0.487 e. The Balaban J connectivity index is 1.50. The average Bonchev–Trinajstić information content (AvgIpc) is 3.18. The van der Waals surface area contributed by atoms with Crippen LogP contribution < -0.4 is 15.4 Å². The van der Waals surface area contributed by atoms with Gasteiger partial charge in [0.05, 0.1) is 9.38 Å². The van der Waals surface area contributed by atoms with E-state index in [0.29, 0.717) is 23.0 Å². The van der Waals surface area contributed by atoms with E-state index in [1.165, 1.54) is 17.3 Å². The number of allylic oxidation sites excluding steroid dienone is 1. The zero-order valence-electron chi connectivity index (χ0n) is 19.3. The molecule has 4 nitrogen and oxygen atoms in total. The highest BCUT2D eigenvalue weighted by atomic mass is 79.9. The molecule has 3 aromatic carbocycles. The van der Waals surface area contributed by atoms with Crippen LogP contribution in [-0.2, 0) is 24.2 Å². The number of rotatable bonds is 9. The molecule has 0 aromatic heterocycles. The van der Waals surface area contributed by atoms with E-state index in [9.17, 15) is 4.79 Å². The minimum Gasteiger partial charge on any atom is -0.487 e. The molecule has 0 aliphatic carbocycles. The highest BCUT2D eigenvalue weighted by molar-refractivity contribution is 9.10. The Labute approximate surface area is 223 Å². The molecular weight excluding hydrogens is 544 g/mol. The van der Waals surface area contributed by atoms with Gasteiger partial charge in [0.15, 0.2) is 5.50 Å². The average molecular weight is 570 g/mol. The van der Waals surface area contributed by atoms with Gasteiger partial charge in [0, 0.05) is 16.3 Å². The van der Waals surface area contributed by atoms with Gasteiger partial charge in [0.1, 0.15) is 12.4 Å². The standard InChI is InChI=1S/C28H26BrClN2O2S/c1-3-7-20-14-19(15-23(29)26(20)34-17-21-8-5-6-9-24(21)30)16-25-27(33)32-28(35-25)31-22-12-10-18(4-2)11-13-22/h3,5-6,8-16,28,31H,1,4,7,17H2,2H3,(H,32,33)/b25-16-/t28-/m0/s1. The molecule has 1 saturated heterocycles. The van der Waals surface area contributed by atoms with Crippen molar-refractivity contribution in [2.24, 2.45) is 0 Å². The molecule has 1 fully saturated rings. The van der Waals surface area contributed by atoms with Crippen LogP contribution in [0.25, 0.3) is 6.08 Å². The maximum absolute atomic E-state index is 12.6. The zero-order chi connectivity index (χ0) is 24.8. The fraction of sp³-hybridized carbons (Fsp3) is 0.179. The quantitative estimate of drug-likeness (QED) is 0.206. The fourth-order valence-electron chi connectivity index (χ4n) is 3.70. The SMILES string of the molecule is C=CCc1cc(/C=C2\S[C@@H](Nc3ccc(CC)cc3)NC2=O)cc(Br)c1OCc1ccccc1Cl. The summed E-state index contributed by atoms with van der Waals surface area (Å²) < 4.78 is 6.95. The number of anilines is 1. The van der Waals surface area contributed by atoms with Gasteiger partial charge in [-0.1, -0.05) is 66.7 Å². The third kappa shape index (κ3) is 6.51. The van der Waals surface area contributed by atoms with Crippen LogP contribution in [0.4, 0.5) is 5.69 Å². The predicted octanol–water partition coefficient (Wildman–Crippen LogP) is 7.57. The first kappa shape index (κ1) is 25.4. The van der Waals surface area contributed by atoms with Crippen molar-refractivity contribution in [2.75, 3.05) is 5.32 Å². The third-order valence-corrected chi connectivity index (χ3v) is 7.51.